The summed E-state index contributed by atoms with van der Waals surface area (Å²) in [5.41, 5.74) is 0.874. The Bertz CT molecular complexity index is 479. The van der Waals surface area contributed by atoms with Crippen LogP contribution in [0.3, 0.4) is 0 Å². The van der Waals surface area contributed by atoms with Crippen LogP contribution in [0.4, 0.5) is 0 Å². The Kier molecular flexibility index (Phi) is 3.31. The molecule has 0 amide bonds. The van der Waals surface area contributed by atoms with E-state index in [1.54, 1.807) is 19.4 Å². The summed E-state index contributed by atoms with van der Waals surface area (Å²) in [6, 6.07) is 5.62. The molecule has 0 aromatic carbocycles. The first kappa shape index (κ1) is 11.2. The van der Waals surface area contributed by atoms with E-state index in [0.717, 1.165) is 21.2 Å². The fourth-order valence-corrected chi connectivity index (χ4v) is 2.18. The van der Waals surface area contributed by atoms with E-state index in [-0.39, 0.29) is 0 Å². The topological polar surface area (TPSA) is 46.3 Å². The van der Waals surface area contributed by atoms with Crippen molar-refractivity contribution in [1.82, 2.24) is 4.98 Å². The highest BCUT2D eigenvalue weighted by atomic mass is 32.2. The molecule has 2 rings (SSSR count). The number of nitrogens with zero attached hydrogens (tertiary/aromatic N) is 1. The van der Waals surface area contributed by atoms with Gasteiger partial charge in [0.1, 0.15) is 10.8 Å². The van der Waals surface area contributed by atoms with E-state index in [4.69, 9.17) is 4.42 Å². The largest absolute Gasteiger partial charge is 0.468 e. The van der Waals surface area contributed by atoms with Crippen LogP contribution in [0, 0.1) is 6.92 Å². The van der Waals surface area contributed by atoms with Crippen LogP contribution in [0.5, 0.6) is 0 Å². The van der Waals surface area contributed by atoms with Gasteiger partial charge in [-0.25, -0.2) is 4.98 Å². The molecule has 4 heteroatoms. The molecule has 0 radical (unpaired) electrons. The molecule has 0 spiro atoms. The summed E-state index contributed by atoms with van der Waals surface area (Å²) >= 11 is 1.54. The second-order valence-electron chi connectivity index (χ2n) is 3.55. The van der Waals surface area contributed by atoms with Gasteiger partial charge in [0, 0.05) is 6.20 Å². The first-order chi connectivity index (χ1) is 7.66. The van der Waals surface area contributed by atoms with Gasteiger partial charge >= 0.3 is 0 Å². The van der Waals surface area contributed by atoms with Crippen LogP contribution in [0.25, 0.3) is 0 Å². The van der Waals surface area contributed by atoms with Gasteiger partial charge < -0.3 is 9.52 Å². The highest BCUT2D eigenvalue weighted by Crippen LogP contribution is 2.30. The summed E-state index contributed by atoms with van der Waals surface area (Å²) in [6.07, 6.45) is 2.91. The molecule has 0 saturated heterocycles. The number of aryl methyl sites for hydroxylation is 1. The van der Waals surface area contributed by atoms with Gasteiger partial charge in [0.15, 0.2) is 0 Å². The van der Waals surface area contributed by atoms with E-state index in [0.29, 0.717) is 0 Å². The van der Waals surface area contributed by atoms with Gasteiger partial charge in [0.2, 0.25) is 0 Å². The number of furan rings is 1. The third-order valence-corrected chi connectivity index (χ3v) is 3.34. The van der Waals surface area contributed by atoms with E-state index in [1.807, 2.05) is 25.1 Å². The maximum absolute atomic E-state index is 9.47. The number of rotatable bonds is 3. The van der Waals surface area contributed by atoms with Crippen molar-refractivity contribution < 1.29 is 9.52 Å². The van der Waals surface area contributed by atoms with Crippen molar-refractivity contribution in [3.05, 3.63) is 42.0 Å². The van der Waals surface area contributed by atoms with Crippen molar-refractivity contribution >= 4 is 11.8 Å². The van der Waals surface area contributed by atoms with Crippen molar-refractivity contribution in [3.63, 3.8) is 0 Å². The van der Waals surface area contributed by atoms with Crippen LogP contribution in [0.1, 0.15) is 24.4 Å². The van der Waals surface area contributed by atoms with Gasteiger partial charge in [-0.05, 0) is 37.6 Å². The molecule has 0 saturated carbocycles. The quantitative estimate of drug-likeness (QED) is 0.887. The van der Waals surface area contributed by atoms with E-state index in [9.17, 15) is 5.11 Å². The molecular formula is C12H13NO2S. The number of pyridine rings is 1. The molecule has 2 aromatic rings. The van der Waals surface area contributed by atoms with Crippen LogP contribution in [0.15, 0.2) is 45.0 Å². The Hall–Kier alpha value is -1.26. The summed E-state index contributed by atoms with van der Waals surface area (Å²) in [7, 11) is 0. The van der Waals surface area contributed by atoms with Crippen LogP contribution in [-0.2, 0) is 0 Å². The lowest BCUT2D eigenvalue weighted by Crippen LogP contribution is -1.92. The summed E-state index contributed by atoms with van der Waals surface area (Å²) in [5, 5.41) is 10.3. The van der Waals surface area contributed by atoms with Crippen molar-refractivity contribution in [2.75, 3.05) is 0 Å². The second-order valence-corrected chi connectivity index (χ2v) is 4.61. The van der Waals surface area contributed by atoms with Crippen molar-refractivity contribution in [2.24, 2.45) is 0 Å². The molecule has 0 aliphatic carbocycles. The lowest BCUT2D eigenvalue weighted by Gasteiger charge is -2.05. The first-order valence-electron chi connectivity index (χ1n) is 5.03. The van der Waals surface area contributed by atoms with E-state index >= 15 is 0 Å². The first-order valence-corrected chi connectivity index (χ1v) is 5.84. The van der Waals surface area contributed by atoms with Crippen molar-refractivity contribution in [3.8, 4) is 0 Å². The molecule has 0 bridgehead atoms. The monoisotopic (exact) mass is 235 g/mol. The normalized spacial score (nSPS) is 12.7. The van der Waals surface area contributed by atoms with Crippen LogP contribution in [0.2, 0.25) is 0 Å². The van der Waals surface area contributed by atoms with Crippen LogP contribution < -0.4 is 0 Å². The van der Waals surface area contributed by atoms with Gasteiger partial charge in [0.25, 0.3) is 0 Å². The number of aliphatic hydroxyl groups is 1. The minimum absolute atomic E-state index is 0.465. The zero-order chi connectivity index (χ0) is 11.5. The molecule has 0 fully saturated rings. The average Bonchev–Trinajstić information content (AvgIpc) is 2.65. The molecule has 1 atom stereocenters. The Morgan fingerprint density at radius 3 is 2.88 bits per heavy atom. The Labute approximate surface area is 98.5 Å². The highest BCUT2D eigenvalue weighted by Gasteiger charge is 2.07. The maximum atomic E-state index is 9.47. The second kappa shape index (κ2) is 4.72. The molecule has 2 aromatic heterocycles. The summed E-state index contributed by atoms with van der Waals surface area (Å²) in [6.45, 7) is 3.66. The summed E-state index contributed by atoms with van der Waals surface area (Å²) < 4.78 is 5.22. The maximum Gasteiger partial charge on any atom is 0.114 e. The van der Waals surface area contributed by atoms with E-state index < -0.39 is 6.10 Å². The van der Waals surface area contributed by atoms with E-state index in [2.05, 4.69) is 4.98 Å². The van der Waals surface area contributed by atoms with Gasteiger partial charge in [-0.3, -0.25) is 0 Å². The lowest BCUT2D eigenvalue weighted by molar-refractivity contribution is 0.199. The smallest absolute Gasteiger partial charge is 0.114 e. The highest BCUT2D eigenvalue weighted by molar-refractivity contribution is 7.99. The zero-order valence-corrected chi connectivity index (χ0v) is 9.99. The Morgan fingerprint density at radius 2 is 2.25 bits per heavy atom. The predicted molar refractivity (Wildman–Crippen MR) is 62.4 cm³/mol. The SMILES string of the molecule is Cc1occc1Sc1cc(C(C)O)ccn1. The molecule has 84 valence electrons. The number of hydrogen-bond donors (Lipinski definition) is 1. The number of aromatic nitrogens is 1. The standard InChI is InChI=1S/C12H13NO2S/c1-8(14)10-3-5-13-12(7-10)16-11-4-6-15-9(11)2/h3-8,14H,1-2H3. The molecule has 3 nitrogen and oxygen atoms in total. The van der Waals surface area contributed by atoms with E-state index in [1.165, 1.54) is 11.8 Å². The fraction of sp³-hybridized carbons (Fsp3) is 0.250. The minimum Gasteiger partial charge on any atom is -0.468 e. The van der Waals surface area contributed by atoms with Gasteiger partial charge in [-0.15, -0.1) is 0 Å². The van der Waals surface area contributed by atoms with Gasteiger partial charge in [0.05, 0.1) is 17.3 Å². The third kappa shape index (κ3) is 2.46. The Morgan fingerprint density at radius 1 is 1.44 bits per heavy atom. The average molecular weight is 235 g/mol. The molecule has 16 heavy (non-hydrogen) atoms. The van der Waals surface area contributed by atoms with Crippen molar-refractivity contribution in [1.29, 1.82) is 0 Å². The molecule has 0 aliphatic rings. The lowest BCUT2D eigenvalue weighted by atomic mass is 10.2. The molecule has 0 aliphatic heterocycles. The molecule has 1 unspecified atom stereocenters. The predicted octanol–water partition coefficient (Wildman–Crippen LogP) is 3.19. The zero-order valence-electron chi connectivity index (χ0n) is 9.18. The molecule has 2 heterocycles. The van der Waals surface area contributed by atoms with Crippen LogP contribution in [-0.4, -0.2) is 10.1 Å². The van der Waals surface area contributed by atoms with Crippen molar-refractivity contribution in [2.45, 2.75) is 29.9 Å². The Balaban J connectivity index is 2.22. The summed E-state index contributed by atoms with van der Waals surface area (Å²) in [5.74, 6) is 0.884. The molecule has 1 N–H and O–H groups in total. The third-order valence-electron chi connectivity index (χ3n) is 2.27. The van der Waals surface area contributed by atoms with Gasteiger partial charge in [-0.1, -0.05) is 11.8 Å². The minimum atomic E-state index is -0.465. The molecular weight excluding hydrogens is 222 g/mol. The van der Waals surface area contributed by atoms with Gasteiger partial charge in [-0.2, -0.15) is 0 Å². The van der Waals surface area contributed by atoms with Crippen LogP contribution >= 0.6 is 11.8 Å². The fourth-order valence-electron chi connectivity index (χ4n) is 1.33. The number of hydrogen-bond acceptors (Lipinski definition) is 4. The number of aliphatic hydroxyl groups excluding tert-OH is 1. The summed E-state index contributed by atoms with van der Waals surface area (Å²) in [4.78, 5) is 5.30.